The Morgan fingerprint density at radius 2 is 1.90 bits per heavy atom. The topological polar surface area (TPSA) is 102 Å². The number of thiazole rings is 1. The van der Waals surface area contributed by atoms with Gasteiger partial charge in [0, 0.05) is 17.7 Å². The molecule has 6 nitrogen and oxygen atoms in total. The number of nitrogens with one attached hydrogen (secondary N) is 1. The average Bonchev–Trinajstić information content (AvgIpc) is 3.15. The smallest absolute Gasteiger partial charge is 0.238 e. The van der Waals surface area contributed by atoms with Gasteiger partial charge in [-0.05, 0) is 49.1 Å². The zero-order valence-corrected chi connectivity index (χ0v) is 19.9. The number of rotatable bonds is 9. The van der Waals surface area contributed by atoms with Crippen LogP contribution in [0.5, 0.6) is 0 Å². The maximum atomic E-state index is 12.2. The summed E-state index contributed by atoms with van der Waals surface area (Å²) in [5.74, 6) is 0.772. The lowest BCUT2D eigenvalue weighted by Crippen LogP contribution is -2.27. The molecule has 0 saturated carbocycles. The van der Waals surface area contributed by atoms with E-state index in [9.17, 15) is 13.2 Å². The second-order valence-corrected chi connectivity index (χ2v) is 10.9. The Morgan fingerprint density at radius 1 is 1.16 bits per heavy atom. The third-order valence-corrected chi connectivity index (χ3v) is 7.76. The molecule has 1 amide bonds. The molecule has 0 aliphatic carbocycles. The molecule has 0 saturated heterocycles. The summed E-state index contributed by atoms with van der Waals surface area (Å²) in [6.45, 7) is 4.67. The molecule has 0 atom stereocenters. The van der Waals surface area contributed by atoms with E-state index >= 15 is 0 Å². The van der Waals surface area contributed by atoms with Gasteiger partial charge in [-0.3, -0.25) is 4.79 Å². The molecule has 31 heavy (non-hydrogen) atoms. The minimum Gasteiger partial charge on any atom is -0.355 e. The fourth-order valence-electron chi connectivity index (χ4n) is 2.95. The van der Waals surface area contributed by atoms with Gasteiger partial charge in [0.05, 0.1) is 17.0 Å². The Morgan fingerprint density at radius 3 is 2.61 bits per heavy atom. The van der Waals surface area contributed by atoms with Gasteiger partial charge in [0.2, 0.25) is 15.9 Å². The fraction of sp³-hybridized carbons (Fsp3) is 0.273. The van der Waals surface area contributed by atoms with Crippen LogP contribution in [0.15, 0.2) is 57.1 Å². The van der Waals surface area contributed by atoms with Crippen molar-refractivity contribution in [1.29, 1.82) is 0 Å². The minimum absolute atomic E-state index is 0.0788. The summed E-state index contributed by atoms with van der Waals surface area (Å²) in [6, 6.07) is 12.8. The Hall–Kier alpha value is -2.20. The summed E-state index contributed by atoms with van der Waals surface area (Å²) in [5.41, 5.74) is 5.51. The van der Waals surface area contributed by atoms with Crippen LogP contribution in [0.25, 0.3) is 0 Å². The zero-order valence-electron chi connectivity index (χ0n) is 17.4. The van der Waals surface area contributed by atoms with Crippen LogP contribution in [0.1, 0.15) is 27.9 Å². The van der Waals surface area contributed by atoms with E-state index in [0.29, 0.717) is 13.0 Å². The summed E-state index contributed by atoms with van der Waals surface area (Å²) in [4.78, 5) is 16.9. The van der Waals surface area contributed by atoms with Gasteiger partial charge in [-0.15, -0.1) is 11.3 Å². The van der Waals surface area contributed by atoms with Crippen molar-refractivity contribution in [2.24, 2.45) is 5.14 Å². The number of aryl methyl sites for hydroxylation is 2. The van der Waals surface area contributed by atoms with Crippen LogP contribution < -0.4 is 10.5 Å². The highest BCUT2D eigenvalue weighted by Gasteiger charge is 2.10. The number of nitrogens with zero attached hydrogens (tertiary/aromatic N) is 1. The summed E-state index contributed by atoms with van der Waals surface area (Å²) < 4.78 is 23.5. The Bertz CT molecular complexity index is 1160. The molecule has 0 aliphatic heterocycles. The number of carbonyl (C=O) groups excluding carboxylic acids is 1. The van der Waals surface area contributed by atoms with Crippen molar-refractivity contribution in [2.45, 2.75) is 41.7 Å². The molecule has 1 heterocycles. The van der Waals surface area contributed by atoms with Gasteiger partial charge in [-0.25, -0.2) is 18.5 Å². The van der Waals surface area contributed by atoms with Crippen LogP contribution in [-0.2, 0) is 33.4 Å². The van der Waals surface area contributed by atoms with Crippen LogP contribution >= 0.6 is 23.1 Å². The summed E-state index contributed by atoms with van der Waals surface area (Å²) in [7, 11) is -3.69. The molecule has 2 aromatic carbocycles. The number of aromatic nitrogens is 1. The van der Waals surface area contributed by atoms with Gasteiger partial charge in [0.15, 0.2) is 0 Å². The molecule has 1 aromatic heterocycles. The molecule has 0 fully saturated rings. The molecule has 0 spiro atoms. The summed E-state index contributed by atoms with van der Waals surface area (Å²) in [5, 5.41) is 9.90. The van der Waals surface area contributed by atoms with E-state index in [1.165, 1.54) is 28.8 Å². The van der Waals surface area contributed by atoms with Crippen LogP contribution in [-0.4, -0.2) is 25.9 Å². The van der Waals surface area contributed by atoms with Gasteiger partial charge in [-0.2, -0.15) is 0 Å². The number of carbonyl (C=O) groups is 1. The van der Waals surface area contributed by atoms with Gasteiger partial charge in [0.1, 0.15) is 4.34 Å². The first kappa shape index (κ1) is 23.5. The Labute approximate surface area is 191 Å². The number of hydrogen-bond donors (Lipinski definition) is 2. The lowest BCUT2D eigenvalue weighted by atomic mass is 10.1. The molecule has 3 rings (SSSR count). The van der Waals surface area contributed by atoms with Crippen LogP contribution in [0, 0.1) is 13.8 Å². The van der Waals surface area contributed by atoms with Gasteiger partial charge < -0.3 is 5.32 Å². The van der Waals surface area contributed by atoms with E-state index in [4.69, 9.17) is 5.14 Å². The number of amides is 1. The molecule has 0 radical (unpaired) electrons. The SMILES string of the molecule is Cc1ccc(C)c(CSc2nc(CC(=O)NCCc3ccc(S(N)(=O)=O)cc3)cs2)c1. The fourth-order valence-corrected chi connectivity index (χ4v) is 5.37. The third kappa shape index (κ3) is 7.17. The van der Waals surface area contributed by atoms with Crippen LogP contribution in [0.2, 0.25) is 0 Å². The molecule has 164 valence electrons. The highest BCUT2D eigenvalue weighted by Crippen LogP contribution is 2.28. The van der Waals surface area contributed by atoms with E-state index in [1.54, 1.807) is 35.2 Å². The number of thioether (sulfide) groups is 1. The summed E-state index contributed by atoms with van der Waals surface area (Å²) in [6.07, 6.45) is 0.843. The first-order valence-corrected chi connectivity index (χ1v) is 13.1. The number of primary sulfonamides is 1. The standard InChI is InChI=1S/C22H25N3O3S3/c1-15-3-4-16(2)18(11-15)13-29-22-25-19(14-30-22)12-21(26)24-10-9-17-5-7-20(8-6-17)31(23,27)28/h3-8,11,14H,9-10,12-13H2,1-2H3,(H,24,26)(H2,23,27,28). The number of hydrogen-bond acceptors (Lipinski definition) is 6. The first-order chi connectivity index (χ1) is 14.7. The molecule has 0 unspecified atom stereocenters. The largest absolute Gasteiger partial charge is 0.355 e. The van der Waals surface area contributed by atoms with Gasteiger partial charge >= 0.3 is 0 Å². The lowest BCUT2D eigenvalue weighted by Gasteiger charge is -2.06. The zero-order chi connectivity index (χ0) is 22.4. The van der Waals surface area contributed by atoms with Crippen molar-refractivity contribution < 1.29 is 13.2 Å². The van der Waals surface area contributed by atoms with Crippen molar-refractivity contribution in [2.75, 3.05) is 6.54 Å². The van der Waals surface area contributed by atoms with Crippen molar-refractivity contribution >= 4 is 39.0 Å². The number of nitrogens with two attached hydrogens (primary N) is 1. The third-order valence-electron chi connectivity index (χ3n) is 4.72. The predicted octanol–water partition coefficient (Wildman–Crippen LogP) is 3.60. The van der Waals surface area contributed by atoms with E-state index in [1.807, 2.05) is 5.38 Å². The second-order valence-electron chi connectivity index (χ2n) is 7.29. The quantitative estimate of drug-likeness (QED) is 0.461. The molecular weight excluding hydrogens is 450 g/mol. The molecular formula is C22H25N3O3S3. The van der Waals surface area contributed by atoms with Crippen molar-refractivity contribution in [1.82, 2.24) is 10.3 Å². The van der Waals surface area contributed by atoms with Gasteiger partial charge in [-0.1, -0.05) is 47.7 Å². The molecule has 3 N–H and O–H groups in total. The second kappa shape index (κ2) is 10.4. The lowest BCUT2D eigenvalue weighted by molar-refractivity contribution is -0.120. The maximum Gasteiger partial charge on any atom is 0.238 e. The van der Waals surface area contributed by atoms with Crippen LogP contribution in [0.3, 0.4) is 0 Å². The summed E-state index contributed by atoms with van der Waals surface area (Å²) >= 11 is 3.24. The van der Waals surface area contributed by atoms with E-state index < -0.39 is 10.0 Å². The van der Waals surface area contributed by atoms with Crippen molar-refractivity contribution in [3.63, 3.8) is 0 Å². The highest BCUT2D eigenvalue weighted by molar-refractivity contribution is 8.00. The van der Waals surface area contributed by atoms with E-state index in [0.717, 1.165) is 21.3 Å². The maximum absolute atomic E-state index is 12.2. The monoisotopic (exact) mass is 475 g/mol. The number of benzene rings is 2. The molecule has 9 heteroatoms. The number of sulfonamides is 1. The molecule has 0 aliphatic rings. The molecule has 3 aromatic rings. The predicted molar refractivity (Wildman–Crippen MR) is 126 cm³/mol. The van der Waals surface area contributed by atoms with Crippen LogP contribution in [0.4, 0.5) is 0 Å². The molecule has 0 bridgehead atoms. The Balaban J connectivity index is 1.44. The average molecular weight is 476 g/mol. The van der Waals surface area contributed by atoms with Crippen molar-refractivity contribution in [3.8, 4) is 0 Å². The first-order valence-electron chi connectivity index (χ1n) is 9.72. The normalized spacial score (nSPS) is 11.5. The van der Waals surface area contributed by atoms with Crippen molar-refractivity contribution in [3.05, 3.63) is 75.8 Å². The van der Waals surface area contributed by atoms with E-state index in [2.05, 4.69) is 42.3 Å². The Kier molecular flexibility index (Phi) is 7.88. The van der Waals surface area contributed by atoms with E-state index in [-0.39, 0.29) is 17.2 Å². The minimum atomic E-state index is -3.69. The van der Waals surface area contributed by atoms with Gasteiger partial charge in [0.25, 0.3) is 0 Å². The highest BCUT2D eigenvalue weighted by atomic mass is 32.2.